The second-order valence-corrected chi connectivity index (χ2v) is 10.7. The highest BCUT2D eigenvalue weighted by molar-refractivity contribution is 8.00. The maximum Gasteiger partial charge on any atom is 0.316 e. The van der Waals surface area contributed by atoms with Gasteiger partial charge < -0.3 is 9.64 Å². The Morgan fingerprint density at radius 3 is 2.56 bits per heavy atom. The van der Waals surface area contributed by atoms with Gasteiger partial charge in [-0.1, -0.05) is 30.0 Å². The Balaban J connectivity index is 1.23. The molecule has 1 aliphatic heterocycles. The summed E-state index contributed by atoms with van der Waals surface area (Å²) in [5, 5.41) is 3.48. The Bertz CT molecular complexity index is 1210. The molecule has 32 heavy (non-hydrogen) atoms. The molecule has 1 saturated heterocycles. The van der Waals surface area contributed by atoms with Gasteiger partial charge in [0, 0.05) is 31.6 Å². The van der Waals surface area contributed by atoms with Crippen molar-refractivity contribution >= 4 is 55.2 Å². The summed E-state index contributed by atoms with van der Waals surface area (Å²) < 4.78 is 31.8. The molecule has 2 aromatic heterocycles. The van der Waals surface area contributed by atoms with Crippen molar-refractivity contribution in [3.63, 3.8) is 0 Å². The van der Waals surface area contributed by atoms with E-state index in [1.54, 1.807) is 30.3 Å². The average Bonchev–Trinajstić information content (AvgIpc) is 3.31. The number of hydrogen-bond acceptors (Lipinski definition) is 9. The van der Waals surface area contributed by atoms with Gasteiger partial charge in [-0.3, -0.25) is 9.59 Å². The molecule has 9 nitrogen and oxygen atoms in total. The van der Waals surface area contributed by atoms with Gasteiger partial charge in [-0.15, -0.1) is 11.3 Å². The maximum absolute atomic E-state index is 12.7. The largest absolute Gasteiger partial charge is 0.455 e. The predicted molar refractivity (Wildman–Crippen MR) is 121 cm³/mol. The van der Waals surface area contributed by atoms with E-state index in [1.165, 1.54) is 38.6 Å². The number of fused-ring (bicyclic) bond motifs is 1. The number of benzene rings is 1. The normalized spacial score (nSPS) is 15.1. The van der Waals surface area contributed by atoms with Crippen LogP contribution in [-0.4, -0.2) is 78.0 Å². The highest BCUT2D eigenvalue weighted by atomic mass is 32.2. The number of sulfonamides is 1. The fourth-order valence-corrected chi connectivity index (χ4v) is 6.22. The highest BCUT2D eigenvalue weighted by Crippen LogP contribution is 2.27. The molecule has 1 aliphatic rings. The van der Waals surface area contributed by atoms with Crippen molar-refractivity contribution in [2.75, 3.05) is 38.5 Å². The summed E-state index contributed by atoms with van der Waals surface area (Å²) in [4.78, 5) is 35.4. The lowest BCUT2D eigenvalue weighted by atomic mass is 10.3. The second kappa shape index (κ2) is 9.94. The van der Waals surface area contributed by atoms with Crippen molar-refractivity contribution < 1.29 is 22.7 Å². The smallest absolute Gasteiger partial charge is 0.316 e. The number of thioether (sulfide) groups is 1. The monoisotopic (exact) mass is 492 g/mol. The zero-order chi connectivity index (χ0) is 22.6. The van der Waals surface area contributed by atoms with Gasteiger partial charge in [-0.25, -0.2) is 18.4 Å². The molecule has 0 aliphatic carbocycles. The number of rotatable bonds is 7. The first-order chi connectivity index (χ1) is 15.4. The number of thiophene rings is 1. The van der Waals surface area contributed by atoms with Gasteiger partial charge in [-0.2, -0.15) is 4.31 Å². The molecule has 168 valence electrons. The van der Waals surface area contributed by atoms with Crippen molar-refractivity contribution in [3.8, 4) is 0 Å². The summed E-state index contributed by atoms with van der Waals surface area (Å²) in [5.74, 6) is -0.837. The van der Waals surface area contributed by atoms with Gasteiger partial charge in [0.15, 0.2) is 6.61 Å². The van der Waals surface area contributed by atoms with Crippen LogP contribution in [0, 0.1) is 0 Å². The van der Waals surface area contributed by atoms with Crippen LogP contribution in [-0.2, 0) is 24.3 Å². The Morgan fingerprint density at radius 2 is 1.81 bits per heavy atom. The van der Waals surface area contributed by atoms with E-state index in [4.69, 9.17) is 4.74 Å². The summed E-state index contributed by atoms with van der Waals surface area (Å²) >= 11 is 2.73. The fourth-order valence-electron chi connectivity index (χ4n) is 3.20. The van der Waals surface area contributed by atoms with Crippen molar-refractivity contribution in [1.82, 2.24) is 19.2 Å². The van der Waals surface area contributed by atoms with Crippen molar-refractivity contribution in [2.24, 2.45) is 0 Å². The number of esters is 1. The third-order valence-corrected chi connectivity index (χ3v) is 8.59. The van der Waals surface area contributed by atoms with E-state index >= 15 is 0 Å². The van der Waals surface area contributed by atoms with E-state index in [0.717, 1.165) is 10.2 Å². The summed E-state index contributed by atoms with van der Waals surface area (Å²) in [6.45, 7) is 0.499. The lowest BCUT2D eigenvalue weighted by Gasteiger charge is -2.33. The first-order valence-corrected chi connectivity index (χ1v) is 13.1. The lowest BCUT2D eigenvalue weighted by molar-refractivity contribution is -0.150. The number of carbonyl (C=O) groups is 2. The summed E-state index contributed by atoms with van der Waals surface area (Å²) in [7, 11) is -3.58. The SMILES string of the molecule is O=C(CSc1ncnc2sccc12)OCC(=O)N1CCN(S(=O)(=O)c2ccccc2)CC1. The molecule has 12 heteroatoms. The van der Waals surface area contributed by atoms with Crippen LogP contribution in [0.1, 0.15) is 0 Å². The van der Waals surface area contributed by atoms with Crippen LogP contribution in [0.15, 0.2) is 58.0 Å². The lowest BCUT2D eigenvalue weighted by Crippen LogP contribution is -2.51. The molecule has 0 atom stereocenters. The number of piperazine rings is 1. The number of ether oxygens (including phenoxy) is 1. The maximum atomic E-state index is 12.7. The molecule has 0 bridgehead atoms. The first kappa shape index (κ1) is 22.6. The van der Waals surface area contributed by atoms with Gasteiger partial charge in [0.25, 0.3) is 5.91 Å². The molecule has 0 unspecified atom stereocenters. The first-order valence-electron chi connectivity index (χ1n) is 9.75. The Hall–Kier alpha value is -2.54. The van der Waals surface area contributed by atoms with Crippen LogP contribution in [0.2, 0.25) is 0 Å². The minimum absolute atomic E-state index is 0.0261. The van der Waals surface area contributed by atoms with Crippen molar-refractivity contribution in [2.45, 2.75) is 9.92 Å². The van der Waals surface area contributed by atoms with Gasteiger partial charge in [0.2, 0.25) is 10.0 Å². The standard InChI is InChI=1S/C20H20N4O5S3/c25-17(12-29-18(26)13-31-20-16-6-11-30-19(16)21-14-22-20)23-7-9-24(10-8-23)32(27,28)15-4-2-1-3-5-15/h1-6,11,14H,7-10,12-13H2. The number of amides is 1. The third-order valence-electron chi connectivity index (χ3n) is 4.88. The third kappa shape index (κ3) is 5.09. The van der Waals surface area contributed by atoms with Crippen LogP contribution < -0.4 is 0 Å². The zero-order valence-electron chi connectivity index (χ0n) is 16.9. The highest BCUT2D eigenvalue weighted by Gasteiger charge is 2.30. The molecule has 3 heterocycles. The van der Waals surface area contributed by atoms with Crippen LogP contribution >= 0.6 is 23.1 Å². The van der Waals surface area contributed by atoms with Gasteiger partial charge in [0.1, 0.15) is 16.2 Å². The number of nitrogens with zero attached hydrogens (tertiary/aromatic N) is 4. The fraction of sp³-hybridized carbons (Fsp3) is 0.300. The molecule has 0 radical (unpaired) electrons. The molecule has 1 aromatic carbocycles. The topological polar surface area (TPSA) is 110 Å². The van der Waals surface area contributed by atoms with E-state index in [9.17, 15) is 18.0 Å². The number of aromatic nitrogens is 2. The van der Waals surface area contributed by atoms with Gasteiger partial charge >= 0.3 is 5.97 Å². The Morgan fingerprint density at radius 1 is 1.06 bits per heavy atom. The van der Waals surface area contributed by atoms with E-state index in [0.29, 0.717) is 5.03 Å². The molecule has 3 aromatic rings. The molecular formula is C20H20N4O5S3. The summed E-state index contributed by atoms with van der Waals surface area (Å²) in [6, 6.07) is 10.1. The number of carbonyl (C=O) groups excluding carboxylic acids is 2. The molecular weight excluding hydrogens is 472 g/mol. The van der Waals surface area contributed by atoms with Crippen molar-refractivity contribution in [1.29, 1.82) is 0 Å². The Labute approximate surface area is 193 Å². The van der Waals surface area contributed by atoms with Gasteiger partial charge in [-0.05, 0) is 23.6 Å². The van der Waals surface area contributed by atoms with Crippen LogP contribution in [0.3, 0.4) is 0 Å². The minimum atomic E-state index is -3.58. The molecule has 1 amide bonds. The van der Waals surface area contributed by atoms with Crippen LogP contribution in [0.4, 0.5) is 0 Å². The molecule has 0 N–H and O–H groups in total. The quantitative estimate of drug-likeness (QED) is 0.279. The van der Waals surface area contributed by atoms with Crippen LogP contribution in [0.5, 0.6) is 0 Å². The number of hydrogen-bond donors (Lipinski definition) is 0. The predicted octanol–water partition coefficient (Wildman–Crippen LogP) is 1.86. The minimum Gasteiger partial charge on any atom is -0.455 e. The second-order valence-electron chi connectivity index (χ2n) is 6.87. The summed E-state index contributed by atoms with van der Waals surface area (Å²) in [6.07, 6.45) is 1.45. The van der Waals surface area contributed by atoms with E-state index in [2.05, 4.69) is 9.97 Å². The molecule has 4 rings (SSSR count). The summed E-state index contributed by atoms with van der Waals surface area (Å²) in [5.41, 5.74) is 0. The van der Waals surface area contributed by atoms with Gasteiger partial charge in [0.05, 0.1) is 10.6 Å². The van der Waals surface area contributed by atoms with E-state index in [1.807, 2.05) is 11.4 Å². The van der Waals surface area contributed by atoms with Crippen LogP contribution in [0.25, 0.3) is 10.2 Å². The zero-order valence-corrected chi connectivity index (χ0v) is 19.4. The van der Waals surface area contributed by atoms with Crippen molar-refractivity contribution in [3.05, 3.63) is 48.1 Å². The molecule has 0 saturated carbocycles. The molecule has 1 fully saturated rings. The molecule has 0 spiro atoms. The Kier molecular flexibility index (Phi) is 7.04. The average molecular weight is 493 g/mol. The van der Waals surface area contributed by atoms with E-state index < -0.39 is 16.0 Å². The van der Waals surface area contributed by atoms with E-state index in [-0.39, 0.29) is 49.3 Å².